The number of para-hydroxylation sites is 1. The van der Waals surface area contributed by atoms with Gasteiger partial charge in [-0.2, -0.15) is 0 Å². The quantitative estimate of drug-likeness (QED) is 0.231. The third-order valence-electron chi connectivity index (χ3n) is 4.77. The summed E-state index contributed by atoms with van der Waals surface area (Å²) in [5, 5.41) is 9.65. The predicted octanol–water partition coefficient (Wildman–Crippen LogP) is 4.77. The standard InChI is InChI=1S/C23H20N4O4S2/c24-21(28)17-4-3-5-18-20(17)27-22(26-18)15-9-7-14(8-10-15)12-16(13-31-23(29)30)32-33-19-6-1-2-11-25-19/h1-11,16H,12-13H2,(H2,24,28)(H,26,27)(H,29,30). The summed E-state index contributed by atoms with van der Waals surface area (Å²) in [5.41, 5.74) is 8.99. The molecule has 0 aliphatic rings. The van der Waals surface area contributed by atoms with Gasteiger partial charge in [-0.15, -0.1) is 0 Å². The number of nitrogens with zero attached hydrogens (tertiary/aromatic N) is 2. The SMILES string of the molecule is NC(=O)c1cccc2[nH]c(-c3ccc(CC(COC(=O)O)SSc4ccccn4)cc3)nc12. The van der Waals surface area contributed by atoms with Gasteiger partial charge in [-0.1, -0.05) is 47.2 Å². The molecule has 0 bridgehead atoms. The average molecular weight is 481 g/mol. The van der Waals surface area contributed by atoms with Crippen LogP contribution in [0.2, 0.25) is 0 Å². The van der Waals surface area contributed by atoms with Crippen LogP contribution in [-0.2, 0) is 11.2 Å². The van der Waals surface area contributed by atoms with Crippen molar-refractivity contribution in [3.05, 3.63) is 78.0 Å². The molecule has 8 nitrogen and oxygen atoms in total. The molecule has 2 aromatic heterocycles. The molecule has 33 heavy (non-hydrogen) atoms. The first-order chi connectivity index (χ1) is 16.0. The number of carbonyl (C=O) groups excluding carboxylic acids is 1. The molecule has 0 fully saturated rings. The van der Waals surface area contributed by atoms with E-state index in [1.807, 2.05) is 48.5 Å². The maximum absolute atomic E-state index is 11.7. The third kappa shape index (κ3) is 5.85. The normalized spacial score (nSPS) is 11.9. The van der Waals surface area contributed by atoms with E-state index in [0.29, 0.717) is 23.3 Å². The number of fused-ring (bicyclic) bond motifs is 1. The second-order valence-electron chi connectivity index (χ2n) is 7.10. The van der Waals surface area contributed by atoms with Crippen LogP contribution in [0, 0.1) is 0 Å². The summed E-state index contributed by atoms with van der Waals surface area (Å²) >= 11 is 0. The van der Waals surface area contributed by atoms with Gasteiger partial charge in [0, 0.05) is 11.8 Å². The largest absolute Gasteiger partial charge is 0.505 e. The number of benzene rings is 2. The van der Waals surface area contributed by atoms with Gasteiger partial charge in [-0.25, -0.2) is 14.8 Å². The van der Waals surface area contributed by atoms with Crippen LogP contribution in [0.1, 0.15) is 15.9 Å². The number of hydrogen-bond acceptors (Lipinski definition) is 7. The van der Waals surface area contributed by atoms with Gasteiger partial charge in [-0.3, -0.25) is 4.79 Å². The van der Waals surface area contributed by atoms with E-state index in [1.165, 1.54) is 21.6 Å². The Kier molecular flexibility index (Phi) is 7.16. The second-order valence-corrected chi connectivity index (χ2v) is 9.62. The topological polar surface area (TPSA) is 131 Å². The molecule has 10 heteroatoms. The van der Waals surface area contributed by atoms with Crippen LogP contribution >= 0.6 is 21.6 Å². The van der Waals surface area contributed by atoms with Crippen molar-refractivity contribution < 1.29 is 19.4 Å². The first-order valence-corrected chi connectivity index (χ1v) is 12.2. The van der Waals surface area contributed by atoms with Gasteiger partial charge in [0.2, 0.25) is 0 Å². The number of nitrogens with two attached hydrogens (primary N) is 1. The Labute approximate surface area is 197 Å². The van der Waals surface area contributed by atoms with Crippen molar-refractivity contribution >= 4 is 44.7 Å². The molecule has 4 rings (SSSR count). The molecule has 0 radical (unpaired) electrons. The lowest BCUT2D eigenvalue weighted by molar-refractivity contribution is 0.0919. The number of nitrogens with one attached hydrogen (secondary N) is 1. The van der Waals surface area contributed by atoms with Gasteiger partial charge in [0.05, 0.1) is 16.3 Å². The molecule has 2 aromatic carbocycles. The Balaban J connectivity index is 1.48. The number of carboxylic acid groups (broad SMARTS) is 1. The molecule has 0 spiro atoms. The van der Waals surface area contributed by atoms with E-state index in [0.717, 1.165) is 21.7 Å². The number of aromatic amines is 1. The van der Waals surface area contributed by atoms with Gasteiger partial charge >= 0.3 is 6.16 Å². The summed E-state index contributed by atoms with van der Waals surface area (Å²) in [7, 11) is 3.01. The third-order valence-corrected chi connectivity index (χ3v) is 7.47. The summed E-state index contributed by atoms with van der Waals surface area (Å²) in [6, 6.07) is 18.7. The zero-order chi connectivity index (χ0) is 23.2. The minimum atomic E-state index is -1.29. The van der Waals surface area contributed by atoms with E-state index in [4.69, 9.17) is 15.6 Å². The van der Waals surface area contributed by atoms with E-state index >= 15 is 0 Å². The highest BCUT2D eigenvalue weighted by Gasteiger charge is 2.16. The molecular formula is C23H20N4O4S2. The fourth-order valence-corrected chi connectivity index (χ4v) is 5.46. The lowest BCUT2D eigenvalue weighted by Crippen LogP contribution is -2.16. The van der Waals surface area contributed by atoms with Crippen LogP contribution in [0.3, 0.4) is 0 Å². The van der Waals surface area contributed by atoms with Crippen molar-refractivity contribution in [1.82, 2.24) is 15.0 Å². The molecule has 168 valence electrons. The lowest BCUT2D eigenvalue weighted by Gasteiger charge is -2.15. The smallest absolute Gasteiger partial charge is 0.450 e. The van der Waals surface area contributed by atoms with Crippen molar-refractivity contribution in [1.29, 1.82) is 0 Å². The van der Waals surface area contributed by atoms with Crippen molar-refractivity contribution in [2.45, 2.75) is 16.7 Å². The van der Waals surface area contributed by atoms with Gasteiger partial charge < -0.3 is 20.6 Å². The average Bonchev–Trinajstić information content (AvgIpc) is 3.26. The number of rotatable bonds is 9. The predicted molar refractivity (Wildman–Crippen MR) is 129 cm³/mol. The Morgan fingerprint density at radius 1 is 1.09 bits per heavy atom. The van der Waals surface area contributed by atoms with E-state index in [1.54, 1.807) is 18.3 Å². The molecule has 0 aliphatic heterocycles. The Morgan fingerprint density at radius 2 is 1.91 bits per heavy atom. The van der Waals surface area contributed by atoms with Gasteiger partial charge in [0.15, 0.2) is 0 Å². The molecule has 4 N–H and O–H groups in total. The van der Waals surface area contributed by atoms with E-state index in [9.17, 15) is 9.59 Å². The number of H-pyrrole nitrogens is 1. The summed E-state index contributed by atoms with van der Waals surface area (Å²) in [5.74, 6) is 0.112. The van der Waals surface area contributed by atoms with Crippen molar-refractivity contribution in [3.8, 4) is 11.4 Å². The number of carbonyl (C=O) groups is 2. The van der Waals surface area contributed by atoms with E-state index < -0.39 is 12.1 Å². The van der Waals surface area contributed by atoms with Crippen molar-refractivity contribution in [2.75, 3.05) is 6.61 Å². The fraction of sp³-hybridized carbons (Fsp3) is 0.130. The Morgan fingerprint density at radius 3 is 2.61 bits per heavy atom. The highest BCUT2D eigenvalue weighted by Crippen LogP contribution is 2.35. The lowest BCUT2D eigenvalue weighted by atomic mass is 10.1. The number of pyridine rings is 1. The zero-order valence-corrected chi connectivity index (χ0v) is 18.9. The summed E-state index contributed by atoms with van der Waals surface area (Å²) in [4.78, 5) is 34.6. The first kappa shape index (κ1) is 22.7. The monoisotopic (exact) mass is 480 g/mol. The van der Waals surface area contributed by atoms with Crippen molar-refractivity contribution in [3.63, 3.8) is 0 Å². The molecule has 1 atom stereocenters. The molecular weight excluding hydrogens is 460 g/mol. The number of ether oxygens (including phenoxy) is 1. The second kappa shape index (κ2) is 10.4. The van der Waals surface area contributed by atoms with Gasteiger partial charge in [0.1, 0.15) is 23.0 Å². The molecule has 1 amide bonds. The minimum Gasteiger partial charge on any atom is -0.450 e. The summed E-state index contributed by atoms with van der Waals surface area (Å²) in [6.45, 7) is 0.0705. The molecule has 2 heterocycles. The fourth-order valence-electron chi connectivity index (χ4n) is 3.23. The molecule has 0 saturated heterocycles. The maximum atomic E-state index is 11.7. The summed E-state index contributed by atoms with van der Waals surface area (Å²) in [6.07, 6.45) is 1.04. The highest BCUT2D eigenvalue weighted by atomic mass is 33.1. The van der Waals surface area contributed by atoms with Gasteiger partial charge in [0.25, 0.3) is 5.91 Å². The van der Waals surface area contributed by atoms with Crippen LogP contribution in [0.25, 0.3) is 22.4 Å². The first-order valence-electron chi connectivity index (χ1n) is 9.97. The Bertz CT molecular complexity index is 1260. The Hall–Kier alpha value is -3.50. The number of hydrogen-bond donors (Lipinski definition) is 3. The number of amides is 1. The number of primary amides is 1. The van der Waals surface area contributed by atoms with Gasteiger partial charge in [-0.05, 0) is 47.0 Å². The highest BCUT2D eigenvalue weighted by molar-refractivity contribution is 8.76. The minimum absolute atomic E-state index is 0.0705. The molecule has 0 aliphatic carbocycles. The zero-order valence-electron chi connectivity index (χ0n) is 17.3. The van der Waals surface area contributed by atoms with Crippen molar-refractivity contribution in [2.24, 2.45) is 5.73 Å². The maximum Gasteiger partial charge on any atom is 0.505 e. The van der Waals surface area contributed by atoms with E-state index in [2.05, 4.69) is 15.0 Å². The number of aromatic nitrogens is 3. The van der Waals surface area contributed by atoms with Crippen LogP contribution in [0.5, 0.6) is 0 Å². The van der Waals surface area contributed by atoms with Crippen LogP contribution in [0.15, 0.2) is 71.9 Å². The molecule has 4 aromatic rings. The summed E-state index contributed by atoms with van der Waals surface area (Å²) < 4.78 is 4.83. The van der Waals surface area contributed by atoms with E-state index in [-0.39, 0.29) is 11.9 Å². The molecule has 1 unspecified atom stereocenters. The molecule has 0 saturated carbocycles. The number of imidazole rings is 1. The van der Waals surface area contributed by atoms with Crippen LogP contribution < -0.4 is 5.73 Å². The van der Waals surface area contributed by atoms with Crippen LogP contribution in [-0.4, -0.2) is 44.0 Å². The van der Waals surface area contributed by atoms with Crippen LogP contribution in [0.4, 0.5) is 4.79 Å².